The van der Waals surface area contributed by atoms with Crippen molar-refractivity contribution in [3.63, 3.8) is 0 Å². The highest BCUT2D eigenvalue weighted by Gasteiger charge is 2.41. The highest BCUT2D eigenvalue weighted by Crippen LogP contribution is 2.39. The van der Waals surface area contributed by atoms with E-state index in [9.17, 15) is 26.3 Å². The van der Waals surface area contributed by atoms with E-state index in [0.717, 1.165) is 30.5 Å². The van der Waals surface area contributed by atoms with Gasteiger partial charge in [-0.25, -0.2) is 26.3 Å². The summed E-state index contributed by atoms with van der Waals surface area (Å²) < 4.78 is 127. The van der Waals surface area contributed by atoms with Gasteiger partial charge in [-0.05, 0) is 65.1 Å². The number of unbranched alkanes of at least 4 members (excludes halogenated alkanes) is 1. The number of hydrogen-bond acceptors (Lipinski definition) is 3. The monoisotopic (exact) mass is 653 g/mol. The fourth-order valence-electron chi connectivity index (χ4n) is 4.84. The second kappa shape index (κ2) is 13.5. The second-order valence-electron chi connectivity index (χ2n) is 10.4. The predicted molar refractivity (Wildman–Crippen MR) is 159 cm³/mol. The number of halogens is 8. The lowest BCUT2D eigenvalue weighted by molar-refractivity contribution is -0.189. The van der Waals surface area contributed by atoms with E-state index < -0.39 is 63.5 Å². The molecule has 3 nitrogen and oxygen atoms in total. The van der Waals surface area contributed by atoms with Crippen LogP contribution in [0.15, 0.2) is 84.9 Å². The Hall–Kier alpha value is -5.37. The molecule has 0 heterocycles. The first-order valence-corrected chi connectivity index (χ1v) is 14.2. The van der Waals surface area contributed by atoms with Gasteiger partial charge in [0.15, 0.2) is 0 Å². The summed E-state index contributed by atoms with van der Waals surface area (Å²) >= 11 is 0. The van der Waals surface area contributed by atoms with E-state index >= 15 is 8.78 Å². The normalized spacial score (nSPS) is 11.3. The van der Waals surface area contributed by atoms with Gasteiger partial charge in [0.1, 0.15) is 63.6 Å². The van der Waals surface area contributed by atoms with Crippen molar-refractivity contribution in [3.8, 4) is 50.9 Å². The van der Waals surface area contributed by atoms with Gasteiger partial charge in [-0.15, -0.1) is 0 Å². The van der Waals surface area contributed by atoms with Crippen LogP contribution in [0, 0.1) is 46.2 Å². The Morgan fingerprint density at radius 1 is 0.596 bits per heavy atom. The van der Waals surface area contributed by atoms with Crippen LogP contribution in [0.3, 0.4) is 0 Å². The third-order valence-corrected chi connectivity index (χ3v) is 7.22. The largest absolute Gasteiger partial charge is 0.494 e. The number of nitriles is 1. The number of alkyl halides is 2. The van der Waals surface area contributed by atoms with Crippen LogP contribution in [0.4, 0.5) is 35.1 Å². The Morgan fingerprint density at radius 3 is 1.66 bits per heavy atom. The maximum atomic E-state index is 15.2. The number of hydrogen-bond donors (Lipinski definition) is 0. The Bertz CT molecular complexity index is 1940. The zero-order valence-electron chi connectivity index (χ0n) is 24.5. The Balaban J connectivity index is 1.37. The number of benzene rings is 5. The van der Waals surface area contributed by atoms with Crippen LogP contribution in [0.5, 0.6) is 11.5 Å². The summed E-state index contributed by atoms with van der Waals surface area (Å²) in [7, 11) is 0. The summed E-state index contributed by atoms with van der Waals surface area (Å²) in [6, 6.07) is 17.4. The zero-order chi connectivity index (χ0) is 33.9. The van der Waals surface area contributed by atoms with Crippen LogP contribution in [0.1, 0.15) is 30.9 Å². The molecule has 0 N–H and O–H groups in total. The van der Waals surface area contributed by atoms with Crippen molar-refractivity contribution in [1.82, 2.24) is 0 Å². The van der Waals surface area contributed by atoms with Gasteiger partial charge in [0.2, 0.25) is 0 Å². The minimum absolute atomic E-state index is 0.0406. The Morgan fingerprint density at radius 2 is 1.11 bits per heavy atom. The van der Waals surface area contributed by atoms with Crippen LogP contribution in [0.2, 0.25) is 0 Å². The predicted octanol–water partition coefficient (Wildman–Crippen LogP) is 10.7. The number of nitrogens with zero attached hydrogens (tertiary/aromatic N) is 1. The van der Waals surface area contributed by atoms with Crippen LogP contribution in [0.25, 0.3) is 33.4 Å². The molecule has 0 atom stereocenters. The Labute approximate surface area is 264 Å². The molecule has 5 aromatic rings. The highest BCUT2D eigenvalue weighted by molar-refractivity contribution is 5.74. The lowest BCUT2D eigenvalue weighted by atomic mass is 9.96. The van der Waals surface area contributed by atoms with Gasteiger partial charge in [-0.2, -0.15) is 14.0 Å². The average Bonchev–Trinajstić information content (AvgIpc) is 3.00. The first-order valence-electron chi connectivity index (χ1n) is 14.2. The quantitative estimate of drug-likeness (QED) is 0.111. The minimum atomic E-state index is -4.77. The maximum Gasteiger partial charge on any atom is 0.432 e. The third kappa shape index (κ3) is 7.07. The van der Waals surface area contributed by atoms with Crippen molar-refractivity contribution < 1.29 is 44.6 Å². The molecular weight excluding hydrogens is 630 g/mol. The molecule has 0 fully saturated rings. The molecule has 5 rings (SSSR count). The summed E-state index contributed by atoms with van der Waals surface area (Å²) in [5.41, 5.74) is -2.37. The minimum Gasteiger partial charge on any atom is -0.494 e. The highest BCUT2D eigenvalue weighted by atomic mass is 19.3. The van der Waals surface area contributed by atoms with Gasteiger partial charge in [0.25, 0.3) is 0 Å². The molecule has 240 valence electrons. The summed E-state index contributed by atoms with van der Waals surface area (Å²) in [5.74, 6) is -8.88. The molecule has 0 unspecified atom stereocenters. The molecule has 47 heavy (non-hydrogen) atoms. The first-order chi connectivity index (χ1) is 22.4. The standard InChI is InChI=1S/C36H23F8NO2/c1-2-3-12-46-24-8-4-20(5-9-24)21-6-10-26(29(37)13-21)22-7-11-27(30(38)14-22)23-15-33(41)35(34(42)16-23)36(43,44)47-25-17-31(39)28(19-45)32(40)18-25/h4-11,13-18H,2-3,12H2,1H3. The van der Waals surface area contributed by atoms with Crippen molar-refractivity contribution in [2.24, 2.45) is 0 Å². The van der Waals surface area contributed by atoms with Crippen molar-refractivity contribution in [2.45, 2.75) is 25.9 Å². The summed E-state index contributed by atoms with van der Waals surface area (Å²) in [6.07, 6.45) is -2.85. The van der Waals surface area contributed by atoms with E-state index in [4.69, 9.17) is 10.00 Å². The fraction of sp³-hybridized carbons (Fsp3) is 0.139. The van der Waals surface area contributed by atoms with Gasteiger partial charge in [-0.1, -0.05) is 49.7 Å². The van der Waals surface area contributed by atoms with E-state index in [1.165, 1.54) is 24.3 Å². The van der Waals surface area contributed by atoms with Gasteiger partial charge < -0.3 is 9.47 Å². The van der Waals surface area contributed by atoms with Crippen LogP contribution in [-0.2, 0) is 6.11 Å². The molecule has 0 radical (unpaired) electrons. The zero-order valence-corrected chi connectivity index (χ0v) is 24.5. The molecule has 0 aliphatic heterocycles. The number of rotatable bonds is 10. The van der Waals surface area contributed by atoms with Crippen LogP contribution >= 0.6 is 0 Å². The molecule has 0 spiro atoms. The maximum absolute atomic E-state index is 15.2. The second-order valence-corrected chi connectivity index (χ2v) is 10.4. The fourth-order valence-corrected chi connectivity index (χ4v) is 4.84. The lowest BCUT2D eigenvalue weighted by Crippen LogP contribution is -2.25. The molecule has 0 aromatic heterocycles. The van der Waals surface area contributed by atoms with Gasteiger partial charge in [-0.3, -0.25) is 0 Å². The number of ether oxygens (including phenoxy) is 2. The molecular formula is C36H23F8NO2. The van der Waals surface area contributed by atoms with Crippen LogP contribution in [-0.4, -0.2) is 6.61 Å². The summed E-state index contributed by atoms with van der Waals surface area (Å²) in [6.45, 7) is 2.64. The van der Waals surface area contributed by atoms with E-state index in [1.54, 1.807) is 30.3 Å². The summed E-state index contributed by atoms with van der Waals surface area (Å²) in [5, 5.41) is 8.71. The first kappa shape index (κ1) is 33.0. The van der Waals surface area contributed by atoms with Crippen molar-refractivity contribution in [2.75, 3.05) is 6.61 Å². The molecule has 5 aromatic carbocycles. The van der Waals surface area contributed by atoms with Gasteiger partial charge in [0, 0.05) is 23.3 Å². The van der Waals surface area contributed by atoms with E-state index in [2.05, 4.69) is 11.7 Å². The third-order valence-electron chi connectivity index (χ3n) is 7.22. The summed E-state index contributed by atoms with van der Waals surface area (Å²) in [4.78, 5) is 0. The topological polar surface area (TPSA) is 42.2 Å². The smallest absolute Gasteiger partial charge is 0.432 e. The lowest BCUT2D eigenvalue weighted by Gasteiger charge is -2.20. The molecule has 0 bridgehead atoms. The van der Waals surface area contributed by atoms with Crippen LogP contribution < -0.4 is 9.47 Å². The van der Waals surface area contributed by atoms with E-state index in [1.807, 2.05) is 0 Å². The molecule has 11 heteroatoms. The van der Waals surface area contributed by atoms with Crippen molar-refractivity contribution in [1.29, 1.82) is 5.26 Å². The SMILES string of the molecule is CCCCOc1ccc(-c2ccc(-c3ccc(-c4cc(F)c(C(F)(F)Oc5cc(F)c(C#N)c(F)c5)c(F)c4)c(F)c3)c(F)c2)cc1. The molecule has 0 amide bonds. The van der Waals surface area contributed by atoms with Gasteiger partial charge >= 0.3 is 6.11 Å². The molecule has 0 aliphatic rings. The molecule has 0 saturated heterocycles. The van der Waals surface area contributed by atoms with E-state index in [0.29, 0.717) is 30.1 Å². The Kier molecular flexibility index (Phi) is 9.51. The average molecular weight is 654 g/mol. The molecule has 0 aliphatic carbocycles. The van der Waals surface area contributed by atoms with Gasteiger partial charge in [0.05, 0.1) is 6.61 Å². The van der Waals surface area contributed by atoms with Crippen molar-refractivity contribution >= 4 is 0 Å². The van der Waals surface area contributed by atoms with Crippen molar-refractivity contribution in [3.05, 3.63) is 131 Å². The van der Waals surface area contributed by atoms with E-state index in [-0.39, 0.29) is 28.8 Å². The molecule has 0 saturated carbocycles.